The van der Waals surface area contributed by atoms with E-state index in [1.54, 1.807) is 6.07 Å². The predicted octanol–water partition coefficient (Wildman–Crippen LogP) is 5.62. The molecule has 0 aliphatic heterocycles. The van der Waals surface area contributed by atoms with Crippen molar-refractivity contribution >= 4 is 22.7 Å². The normalized spacial score (nSPS) is 10.9. The Labute approximate surface area is 157 Å². The van der Waals surface area contributed by atoms with Gasteiger partial charge in [0.2, 0.25) is 5.89 Å². The van der Waals surface area contributed by atoms with Gasteiger partial charge in [-0.25, -0.2) is 4.98 Å². The molecule has 27 heavy (non-hydrogen) atoms. The molecule has 0 saturated heterocycles. The molecule has 0 radical (unpaired) electrons. The van der Waals surface area contributed by atoms with E-state index in [0.29, 0.717) is 17.1 Å². The fraction of sp³-hybridized carbons (Fsp3) is 0.130. The maximum atomic E-state index is 12.5. The molecule has 0 bridgehead atoms. The van der Waals surface area contributed by atoms with Crippen LogP contribution in [0.5, 0.6) is 0 Å². The fourth-order valence-electron chi connectivity index (χ4n) is 3.04. The zero-order valence-electron chi connectivity index (χ0n) is 15.3. The average Bonchev–Trinajstić information content (AvgIpc) is 3.11. The van der Waals surface area contributed by atoms with Crippen LogP contribution < -0.4 is 5.32 Å². The van der Waals surface area contributed by atoms with Gasteiger partial charge in [-0.1, -0.05) is 36.8 Å². The van der Waals surface area contributed by atoms with Crippen LogP contribution in [0.2, 0.25) is 0 Å². The summed E-state index contributed by atoms with van der Waals surface area (Å²) in [6.07, 6.45) is 0.957. The maximum Gasteiger partial charge on any atom is 0.255 e. The topological polar surface area (TPSA) is 55.1 Å². The van der Waals surface area contributed by atoms with E-state index in [0.717, 1.165) is 28.6 Å². The third-order valence-electron chi connectivity index (χ3n) is 4.51. The van der Waals surface area contributed by atoms with Crippen LogP contribution in [-0.2, 0) is 6.42 Å². The smallest absolute Gasteiger partial charge is 0.255 e. The van der Waals surface area contributed by atoms with Gasteiger partial charge < -0.3 is 9.73 Å². The summed E-state index contributed by atoms with van der Waals surface area (Å²) in [5, 5.41) is 2.94. The number of oxazole rings is 1. The lowest BCUT2D eigenvalue weighted by Gasteiger charge is -2.07. The van der Waals surface area contributed by atoms with Gasteiger partial charge in [0.1, 0.15) is 5.52 Å². The molecule has 1 N–H and O–H groups in total. The summed E-state index contributed by atoms with van der Waals surface area (Å²) >= 11 is 0. The van der Waals surface area contributed by atoms with Gasteiger partial charge in [-0.15, -0.1) is 0 Å². The van der Waals surface area contributed by atoms with E-state index < -0.39 is 0 Å². The van der Waals surface area contributed by atoms with E-state index in [1.165, 1.54) is 5.56 Å². The number of nitrogens with zero attached hydrogens (tertiary/aromatic N) is 1. The number of benzene rings is 3. The molecule has 3 aromatic carbocycles. The Morgan fingerprint density at radius 2 is 1.89 bits per heavy atom. The number of rotatable bonds is 4. The molecular formula is C23H20N2O2. The predicted molar refractivity (Wildman–Crippen MR) is 108 cm³/mol. The summed E-state index contributed by atoms with van der Waals surface area (Å²) < 4.78 is 5.89. The second-order valence-corrected chi connectivity index (χ2v) is 6.58. The average molecular weight is 356 g/mol. The molecule has 1 heterocycles. The summed E-state index contributed by atoms with van der Waals surface area (Å²) in [4.78, 5) is 17.1. The lowest BCUT2D eigenvalue weighted by Crippen LogP contribution is -2.11. The Balaban J connectivity index is 1.61. The minimum Gasteiger partial charge on any atom is -0.436 e. The van der Waals surface area contributed by atoms with E-state index in [2.05, 4.69) is 23.3 Å². The second kappa shape index (κ2) is 7.08. The Morgan fingerprint density at radius 3 is 2.70 bits per heavy atom. The van der Waals surface area contributed by atoms with Gasteiger partial charge in [-0.3, -0.25) is 4.79 Å². The molecule has 134 valence electrons. The van der Waals surface area contributed by atoms with Crippen LogP contribution in [0, 0.1) is 6.92 Å². The Kier molecular flexibility index (Phi) is 4.47. The molecule has 0 saturated carbocycles. The van der Waals surface area contributed by atoms with Crippen LogP contribution in [0.4, 0.5) is 5.69 Å². The highest BCUT2D eigenvalue weighted by Crippen LogP contribution is 2.27. The zero-order valence-corrected chi connectivity index (χ0v) is 15.3. The van der Waals surface area contributed by atoms with Crippen LogP contribution in [0.1, 0.15) is 28.4 Å². The molecule has 4 nitrogen and oxygen atoms in total. The molecule has 0 atom stereocenters. The van der Waals surface area contributed by atoms with E-state index >= 15 is 0 Å². The van der Waals surface area contributed by atoms with Crippen molar-refractivity contribution < 1.29 is 9.21 Å². The van der Waals surface area contributed by atoms with Crippen molar-refractivity contribution in [1.29, 1.82) is 0 Å². The van der Waals surface area contributed by atoms with Crippen molar-refractivity contribution in [3.05, 3.63) is 83.4 Å². The molecule has 1 amide bonds. The quantitative estimate of drug-likeness (QED) is 0.516. The minimum absolute atomic E-state index is 0.138. The number of anilines is 1. The molecule has 4 rings (SSSR count). The van der Waals surface area contributed by atoms with Crippen LogP contribution in [0.3, 0.4) is 0 Å². The Hall–Kier alpha value is -3.40. The van der Waals surface area contributed by atoms with Gasteiger partial charge in [0.15, 0.2) is 5.58 Å². The highest BCUT2D eigenvalue weighted by atomic mass is 16.3. The van der Waals surface area contributed by atoms with Gasteiger partial charge in [-0.05, 0) is 61.4 Å². The molecule has 0 fully saturated rings. The third kappa shape index (κ3) is 3.60. The fourth-order valence-corrected chi connectivity index (χ4v) is 3.04. The molecule has 0 unspecified atom stereocenters. The van der Waals surface area contributed by atoms with Crippen LogP contribution in [0.15, 0.2) is 71.1 Å². The van der Waals surface area contributed by atoms with Crippen LogP contribution >= 0.6 is 0 Å². The first-order valence-corrected chi connectivity index (χ1v) is 9.00. The van der Waals surface area contributed by atoms with Gasteiger partial charge in [0, 0.05) is 16.8 Å². The number of nitrogens with one attached hydrogen (secondary N) is 1. The van der Waals surface area contributed by atoms with Crippen molar-refractivity contribution in [2.24, 2.45) is 0 Å². The molecule has 1 aromatic heterocycles. The number of carbonyl (C=O) groups excluding carboxylic acids is 1. The van der Waals surface area contributed by atoms with Crippen molar-refractivity contribution in [1.82, 2.24) is 4.98 Å². The number of aromatic nitrogens is 1. The van der Waals surface area contributed by atoms with Crippen molar-refractivity contribution in [3.8, 4) is 11.5 Å². The summed E-state index contributed by atoms with van der Waals surface area (Å²) in [6, 6.07) is 21.1. The Bertz CT molecular complexity index is 1130. The van der Waals surface area contributed by atoms with E-state index in [-0.39, 0.29) is 5.91 Å². The van der Waals surface area contributed by atoms with Gasteiger partial charge in [0.25, 0.3) is 5.91 Å². The standard InChI is InChI=1S/C23H20N2O2/c1-3-16-10-11-21-20(13-16)25-23(27-21)18-8-5-9-19(14-18)24-22(26)17-7-4-6-15(2)12-17/h4-14H,3H2,1-2H3,(H,24,26). The van der Waals surface area contributed by atoms with Gasteiger partial charge in [0.05, 0.1) is 0 Å². The first kappa shape index (κ1) is 17.0. The first-order valence-electron chi connectivity index (χ1n) is 9.00. The SMILES string of the molecule is CCc1ccc2oc(-c3cccc(NC(=O)c4cccc(C)c4)c3)nc2c1. The number of aryl methyl sites for hydroxylation is 2. The summed E-state index contributed by atoms with van der Waals surface area (Å²) in [6.45, 7) is 4.08. The number of amides is 1. The molecule has 0 spiro atoms. The maximum absolute atomic E-state index is 12.5. The third-order valence-corrected chi connectivity index (χ3v) is 4.51. The molecule has 4 heteroatoms. The highest BCUT2D eigenvalue weighted by molar-refractivity contribution is 6.04. The number of hydrogen-bond acceptors (Lipinski definition) is 3. The van der Waals surface area contributed by atoms with Crippen LogP contribution in [0.25, 0.3) is 22.6 Å². The largest absolute Gasteiger partial charge is 0.436 e. The second-order valence-electron chi connectivity index (χ2n) is 6.58. The summed E-state index contributed by atoms with van der Waals surface area (Å²) in [5.74, 6) is 0.408. The number of fused-ring (bicyclic) bond motifs is 1. The number of carbonyl (C=O) groups is 1. The van der Waals surface area contributed by atoms with E-state index in [1.807, 2.05) is 61.5 Å². The lowest BCUT2D eigenvalue weighted by atomic mass is 10.1. The highest BCUT2D eigenvalue weighted by Gasteiger charge is 2.11. The molecular weight excluding hydrogens is 336 g/mol. The minimum atomic E-state index is -0.138. The Morgan fingerprint density at radius 1 is 1.04 bits per heavy atom. The zero-order chi connectivity index (χ0) is 18.8. The molecule has 0 aliphatic carbocycles. The van der Waals surface area contributed by atoms with Gasteiger partial charge in [-0.2, -0.15) is 0 Å². The first-order chi connectivity index (χ1) is 13.1. The lowest BCUT2D eigenvalue weighted by molar-refractivity contribution is 0.102. The van der Waals surface area contributed by atoms with E-state index in [9.17, 15) is 4.79 Å². The van der Waals surface area contributed by atoms with Crippen LogP contribution in [-0.4, -0.2) is 10.9 Å². The monoisotopic (exact) mass is 356 g/mol. The molecule has 4 aromatic rings. The summed E-state index contributed by atoms with van der Waals surface area (Å²) in [7, 11) is 0. The molecule has 0 aliphatic rings. The van der Waals surface area contributed by atoms with E-state index in [4.69, 9.17) is 4.42 Å². The number of hydrogen-bond donors (Lipinski definition) is 1. The van der Waals surface area contributed by atoms with Crippen molar-refractivity contribution in [2.75, 3.05) is 5.32 Å². The van der Waals surface area contributed by atoms with Gasteiger partial charge >= 0.3 is 0 Å². The van der Waals surface area contributed by atoms with Crippen molar-refractivity contribution in [3.63, 3.8) is 0 Å². The summed E-state index contributed by atoms with van der Waals surface area (Å²) in [5.41, 5.74) is 6.04. The van der Waals surface area contributed by atoms with Crippen molar-refractivity contribution in [2.45, 2.75) is 20.3 Å².